The summed E-state index contributed by atoms with van der Waals surface area (Å²) in [5.41, 5.74) is 0. The number of hydrogen-bond acceptors (Lipinski definition) is 3. The Hall–Kier alpha value is -0.420. The van der Waals surface area contributed by atoms with E-state index >= 15 is 0 Å². The molecule has 0 spiro atoms. The zero-order chi connectivity index (χ0) is 10.6. The number of allylic oxidation sites excluding steroid dienone is 3. The van der Waals surface area contributed by atoms with E-state index in [-0.39, 0.29) is 22.2 Å². The fourth-order valence-corrected chi connectivity index (χ4v) is 1.15. The number of ether oxygens (including phenoxy) is 1. The Bertz CT molecular complexity index is 307. The summed E-state index contributed by atoms with van der Waals surface area (Å²) >= 11 is 6.58. The van der Waals surface area contributed by atoms with Crippen LogP contribution >= 0.6 is 31.9 Å². The van der Waals surface area contributed by atoms with Gasteiger partial charge in [-0.15, -0.1) is 0 Å². The van der Waals surface area contributed by atoms with Gasteiger partial charge in [0.2, 0.25) is 5.78 Å². The second kappa shape index (κ2) is 5.46. The Labute approximate surface area is 98.4 Å². The second-order valence-corrected chi connectivity index (χ2v) is 4.61. The van der Waals surface area contributed by atoms with Crippen LogP contribution in [0.5, 0.6) is 0 Å². The Kier molecular flexibility index (Phi) is 4.54. The standard InChI is InChI=1S/C9H8Br2O3/c10-4-6(11)5-14-9-3-7(12)1-2-8(9)13/h1-3,6H,4-5H2. The molecular formula is C9H8Br2O3. The smallest absolute Gasteiger partial charge is 0.220 e. The van der Waals surface area contributed by atoms with E-state index in [1.165, 1.54) is 18.2 Å². The molecular weight excluding hydrogens is 316 g/mol. The molecule has 0 saturated carbocycles. The van der Waals surface area contributed by atoms with E-state index in [0.717, 1.165) is 5.33 Å². The van der Waals surface area contributed by atoms with Gasteiger partial charge in [-0.2, -0.15) is 0 Å². The molecule has 1 unspecified atom stereocenters. The van der Waals surface area contributed by atoms with Crippen LogP contribution in [0.25, 0.3) is 0 Å². The van der Waals surface area contributed by atoms with Gasteiger partial charge in [-0.05, 0) is 12.2 Å². The van der Waals surface area contributed by atoms with Crippen LogP contribution in [0.1, 0.15) is 0 Å². The molecule has 0 aliphatic heterocycles. The molecule has 3 nitrogen and oxygen atoms in total. The largest absolute Gasteiger partial charge is 0.488 e. The maximum absolute atomic E-state index is 11.2. The lowest BCUT2D eigenvalue weighted by Gasteiger charge is -2.11. The molecule has 0 saturated heterocycles. The molecule has 1 rings (SSSR count). The first-order valence-electron chi connectivity index (χ1n) is 3.94. The van der Waals surface area contributed by atoms with Gasteiger partial charge < -0.3 is 4.74 Å². The maximum Gasteiger partial charge on any atom is 0.220 e. The average molecular weight is 324 g/mol. The summed E-state index contributed by atoms with van der Waals surface area (Å²) in [6.07, 6.45) is 3.65. The van der Waals surface area contributed by atoms with Crippen LogP contribution in [0.15, 0.2) is 24.0 Å². The monoisotopic (exact) mass is 322 g/mol. The summed E-state index contributed by atoms with van der Waals surface area (Å²) in [7, 11) is 0. The first-order valence-corrected chi connectivity index (χ1v) is 5.98. The van der Waals surface area contributed by atoms with Crippen LogP contribution in [-0.4, -0.2) is 28.3 Å². The summed E-state index contributed by atoms with van der Waals surface area (Å²) in [6, 6.07) is 0. The van der Waals surface area contributed by atoms with E-state index in [1.807, 2.05) is 0 Å². The van der Waals surface area contributed by atoms with Gasteiger partial charge in [-0.3, -0.25) is 9.59 Å². The van der Waals surface area contributed by atoms with Gasteiger partial charge in [0.05, 0.1) is 4.83 Å². The zero-order valence-electron chi connectivity index (χ0n) is 7.20. The highest BCUT2D eigenvalue weighted by Gasteiger charge is 2.15. The van der Waals surface area contributed by atoms with Crippen molar-refractivity contribution in [3.63, 3.8) is 0 Å². The fourth-order valence-electron chi connectivity index (χ4n) is 0.826. The predicted molar refractivity (Wildman–Crippen MR) is 59.7 cm³/mol. The van der Waals surface area contributed by atoms with Crippen molar-refractivity contribution in [3.8, 4) is 0 Å². The molecule has 0 amide bonds. The quantitative estimate of drug-likeness (QED) is 0.585. The Morgan fingerprint density at radius 3 is 2.71 bits per heavy atom. The third-order valence-corrected chi connectivity index (χ3v) is 3.74. The molecule has 0 fully saturated rings. The molecule has 1 aliphatic carbocycles. The molecule has 0 aromatic carbocycles. The number of halogens is 2. The molecule has 5 heteroatoms. The number of carbonyl (C=O) groups is 2. The van der Waals surface area contributed by atoms with Gasteiger partial charge in [0.15, 0.2) is 11.5 Å². The molecule has 0 bridgehead atoms. The molecule has 76 valence electrons. The van der Waals surface area contributed by atoms with Gasteiger partial charge in [0.25, 0.3) is 0 Å². The number of ketones is 2. The molecule has 0 aromatic heterocycles. The van der Waals surface area contributed by atoms with Crippen LogP contribution in [-0.2, 0) is 14.3 Å². The van der Waals surface area contributed by atoms with Crippen molar-refractivity contribution >= 4 is 43.4 Å². The van der Waals surface area contributed by atoms with E-state index < -0.39 is 0 Å². The predicted octanol–water partition coefficient (Wildman–Crippen LogP) is 1.75. The number of carbonyl (C=O) groups excluding carboxylic acids is 2. The molecule has 14 heavy (non-hydrogen) atoms. The first kappa shape index (κ1) is 11.7. The van der Waals surface area contributed by atoms with Crippen molar-refractivity contribution in [2.75, 3.05) is 11.9 Å². The first-order chi connectivity index (χ1) is 6.63. The normalized spacial score (nSPS) is 18.0. The van der Waals surface area contributed by atoms with E-state index in [4.69, 9.17) is 4.74 Å². The zero-order valence-corrected chi connectivity index (χ0v) is 10.4. The molecule has 0 aromatic rings. The lowest BCUT2D eigenvalue weighted by atomic mass is 10.1. The molecule has 0 radical (unpaired) electrons. The van der Waals surface area contributed by atoms with Gasteiger partial charge in [-0.25, -0.2) is 0 Å². The van der Waals surface area contributed by atoms with Crippen LogP contribution in [0.2, 0.25) is 0 Å². The van der Waals surface area contributed by atoms with Crippen LogP contribution in [0, 0.1) is 0 Å². The second-order valence-electron chi connectivity index (χ2n) is 2.67. The summed E-state index contributed by atoms with van der Waals surface area (Å²) in [6.45, 7) is 0.351. The lowest BCUT2D eigenvalue weighted by molar-refractivity contribution is -0.117. The van der Waals surface area contributed by atoms with Gasteiger partial charge in [-0.1, -0.05) is 31.9 Å². The molecule has 1 atom stereocenters. The van der Waals surface area contributed by atoms with Crippen molar-refractivity contribution in [3.05, 3.63) is 24.0 Å². The molecule has 0 N–H and O–H groups in total. The number of alkyl halides is 2. The summed E-state index contributed by atoms with van der Waals surface area (Å²) in [5, 5.41) is 0.720. The minimum absolute atomic E-state index is 0.114. The van der Waals surface area contributed by atoms with Crippen molar-refractivity contribution < 1.29 is 14.3 Å². The topological polar surface area (TPSA) is 43.4 Å². The van der Waals surface area contributed by atoms with E-state index in [0.29, 0.717) is 6.61 Å². The third kappa shape index (κ3) is 3.38. The third-order valence-electron chi connectivity index (χ3n) is 1.50. The SMILES string of the molecule is O=C1C=CC(=O)C(OCC(Br)CBr)=C1. The highest BCUT2D eigenvalue weighted by atomic mass is 79.9. The van der Waals surface area contributed by atoms with Crippen molar-refractivity contribution in [2.24, 2.45) is 0 Å². The molecule has 1 aliphatic rings. The summed E-state index contributed by atoms with van der Waals surface area (Å²) in [5.74, 6) is -0.369. The van der Waals surface area contributed by atoms with Gasteiger partial charge in [0.1, 0.15) is 6.61 Å². The summed E-state index contributed by atoms with van der Waals surface area (Å²) < 4.78 is 5.18. The Morgan fingerprint density at radius 1 is 1.36 bits per heavy atom. The van der Waals surface area contributed by atoms with Crippen LogP contribution in [0.3, 0.4) is 0 Å². The highest BCUT2D eigenvalue weighted by Crippen LogP contribution is 2.11. The Morgan fingerprint density at radius 2 is 2.07 bits per heavy atom. The van der Waals surface area contributed by atoms with Crippen molar-refractivity contribution in [1.82, 2.24) is 0 Å². The van der Waals surface area contributed by atoms with Crippen molar-refractivity contribution in [1.29, 1.82) is 0 Å². The number of hydrogen-bond donors (Lipinski definition) is 0. The Balaban J connectivity index is 2.52. The van der Waals surface area contributed by atoms with E-state index in [9.17, 15) is 9.59 Å². The van der Waals surface area contributed by atoms with E-state index in [1.54, 1.807) is 0 Å². The summed E-state index contributed by atoms with van der Waals surface area (Å²) in [4.78, 5) is 22.2. The van der Waals surface area contributed by atoms with Gasteiger partial charge >= 0.3 is 0 Å². The minimum Gasteiger partial charge on any atom is -0.488 e. The molecule has 0 heterocycles. The van der Waals surface area contributed by atoms with Crippen LogP contribution < -0.4 is 0 Å². The lowest BCUT2D eigenvalue weighted by Crippen LogP contribution is -2.16. The van der Waals surface area contributed by atoms with Gasteiger partial charge in [0, 0.05) is 11.4 Å². The minimum atomic E-state index is -0.265. The highest BCUT2D eigenvalue weighted by molar-refractivity contribution is 9.12. The van der Waals surface area contributed by atoms with E-state index in [2.05, 4.69) is 31.9 Å². The fraction of sp³-hybridized carbons (Fsp3) is 0.333. The maximum atomic E-state index is 11.2. The van der Waals surface area contributed by atoms with Crippen molar-refractivity contribution in [2.45, 2.75) is 4.83 Å². The van der Waals surface area contributed by atoms with Crippen LogP contribution in [0.4, 0.5) is 0 Å². The average Bonchev–Trinajstić information content (AvgIpc) is 2.19. The number of rotatable bonds is 4.